The van der Waals surface area contributed by atoms with Crippen molar-refractivity contribution in [3.8, 4) is 0 Å². The van der Waals surface area contributed by atoms with Crippen LogP contribution in [0.1, 0.15) is 0 Å². The summed E-state index contributed by atoms with van der Waals surface area (Å²) < 4.78 is 0. The third-order valence-corrected chi connectivity index (χ3v) is 0.368. The third kappa shape index (κ3) is 7.68. The molecule has 0 heterocycles. The van der Waals surface area contributed by atoms with Crippen molar-refractivity contribution >= 4 is 0 Å². The van der Waals surface area contributed by atoms with E-state index < -0.39 is 16.6 Å². The Balaban J connectivity index is 3.75. The number of hydrogen-bond donors (Lipinski definition) is 4. The van der Waals surface area contributed by atoms with E-state index in [9.17, 15) is 10.4 Å². The normalized spacial score (nSPS) is 14.0. The first-order valence-corrected chi connectivity index (χ1v) is 1.80. The molecule has 0 saturated carbocycles. The monoisotopic (exact) mass is 142 g/mol. The number of hydroxylamine groups is 6. The van der Waals surface area contributed by atoms with E-state index in [0.29, 0.717) is 0 Å². The molecule has 0 rings (SSSR count). The van der Waals surface area contributed by atoms with Crippen molar-refractivity contribution in [3.63, 3.8) is 0 Å². The van der Waals surface area contributed by atoms with E-state index >= 15 is 0 Å². The van der Waals surface area contributed by atoms with Gasteiger partial charge in [-0.3, -0.25) is 0 Å². The van der Waals surface area contributed by atoms with Gasteiger partial charge in [0.15, 0.2) is 0 Å². The van der Waals surface area contributed by atoms with Gasteiger partial charge in [0.25, 0.3) is 0 Å². The lowest BCUT2D eigenvalue weighted by molar-refractivity contribution is -1.35. The molecule has 0 unspecified atom stereocenters. The Morgan fingerprint density at radius 1 is 0.889 bits per heavy atom. The Labute approximate surface area is 49.2 Å². The second-order valence-corrected chi connectivity index (χ2v) is 1.47. The molecule has 0 amide bonds. The summed E-state index contributed by atoms with van der Waals surface area (Å²) in [5, 5.41) is 50.3. The smallest absolute Gasteiger partial charge is 0.328 e. The summed E-state index contributed by atoms with van der Waals surface area (Å²) in [6.45, 7) is -1.72. The molecule has 4 N–H and O–H groups in total. The van der Waals surface area contributed by atoms with E-state index in [1.165, 1.54) is 0 Å². The molecule has 0 aromatic carbocycles. The lowest BCUT2D eigenvalue weighted by atomic mass is 11.1. The zero-order valence-corrected chi connectivity index (χ0v) is 4.21. The van der Waals surface area contributed by atoms with E-state index in [1.807, 2.05) is 0 Å². The van der Waals surface area contributed by atoms with Crippen molar-refractivity contribution in [3.05, 3.63) is 10.4 Å². The van der Waals surface area contributed by atoms with Crippen LogP contribution in [0.2, 0.25) is 0 Å². The standard InChI is InChI=1S/CH6N2O6/c4-2(5,6)1-3(7,8)9/h4-5,7-8H,1H2. The Morgan fingerprint density at radius 3 is 1.11 bits per heavy atom. The van der Waals surface area contributed by atoms with Crippen LogP contribution < -0.4 is 0 Å². The molecule has 0 aromatic heterocycles. The summed E-state index contributed by atoms with van der Waals surface area (Å²) in [5.74, 6) is 0. The van der Waals surface area contributed by atoms with E-state index in [4.69, 9.17) is 20.8 Å². The average molecular weight is 142 g/mol. The average Bonchev–Trinajstić information content (AvgIpc) is 1.14. The molecule has 0 radical (unpaired) electrons. The van der Waals surface area contributed by atoms with Crippen molar-refractivity contribution in [1.82, 2.24) is 0 Å². The fourth-order valence-corrected chi connectivity index (χ4v) is 0.240. The maximum atomic E-state index is 9.63. The van der Waals surface area contributed by atoms with Gasteiger partial charge in [-0.05, 0) is 9.95 Å². The fourth-order valence-electron chi connectivity index (χ4n) is 0.240. The van der Waals surface area contributed by atoms with E-state index in [0.717, 1.165) is 0 Å². The molecule has 0 aliphatic heterocycles. The molecule has 0 spiro atoms. The molecule has 0 saturated heterocycles. The van der Waals surface area contributed by atoms with Crippen LogP contribution in [0.4, 0.5) is 0 Å². The van der Waals surface area contributed by atoms with Gasteiger partial charge in [-0.1, -0.05) is 0 Å². The Hall–Kier alpha value is -0.320. The zero-order chi connectivity index (χ0) is 7.71. The molecule has 0 bridgehead atoms. The minimum atomic E-state index is -3.03. The maximum Gasteiger partial charge on any atom is 0.328 e. The molecule has 8 heteroatoms. The summed E-state index contributed by atoms with van der Waals surface area (Å²) in [6, 6.07) is 0. The van der Waals surface area contributed by atoms with E-state index in [1.54, 1.807) is 0 Å². The van der Waals surface area contributed by atoms with Gasteiger partial charge in [-0.15, -0.1) is 0 Å². The van der Waals surface area contributed by atoms with Crippen molar-refractivity contribution < 1.29 is 30.8 Å². The SMILES string of the molecule is [O-][N+](O)(O)C[N+]([O-])(O)O. The predicted octanol–water partition coefficient (Wildman–Crippen LogP) is -0.870. The summed E-state index contributed by atoms with van der Waals surface area (Å²) in [7, 11) is 0. The Morgan fingerprint density at radius 2 is 1.11 bits per heavy atom. The molecular formula is CH6N2O6. The van der Waals surface area contributed by atoms with Crippen LogP contribution in [0.5, 0.6) is 0 Å². The highest BCUT2D eigenvalue weighted by Gasteiger charge is 2.23. The van der Waals surface area contributed by atoms with Gasteiger partial charge in [0.1, 0.15) is 0 Å². The van der Waals surface area contributed by atoms with E-state index in [-0.39, 0.29) is 0 Å². The van der Waals surface area contributed by atoms with Crippen LogP contribution in [0.25, 0.3) is 0 Å². The van der Waals surface area contributed by atoms with Crippen LogP contribution in [0.15, 0.2) is 0 Å². The first-order valence-electron chi connectivity index (χ1n) is 1.80. The van der Waals surface area contributed by atoms with Gasteiger partial charge >= 0.3 is 6.67 Å². The highest BCUT2D eigenvalue weighted by molar-refractivity contribution is 4.02. The summed E-state index contributed by atoms with van der Waals surface area (Å²) in [6.07, 6.45) is 0. The van der Waals surface area contributed by atoms with Crippen molar-refractivity contribution in [2.24, 2.45) is 0 Å². The number of quaternary nitrogens is 2. The molecule has 0 aliphatic carbocycles. The lowest BCUT2D eigenvalue weighted by Crippen LogP contribution is -2.50. The third-order valence-electron chi connectivity index (χ3n) is 0.368. The quantitative estimate of drug-likeness (QED) is 0.225. The molecular weight excluding hydrogens is 136 g/mol. The lowest BCUT2D eigenvalue weighted by Gasteiger charge is -2.30. The summed E-state index contributed by atoms with van der Waals surface area (Å²) in [5.41, 5.74) is 0. The molecule has 56 valence electrons. The van der Waals surface area contributed by atoms with Crippen molar-refractivity contribution in [1.29, 1.82) is 0 Å². The molecule has 0 aliphatic rings. The molecule has 0 atom stereocenters. The second-order valence-electron chi connectivity index (χ2n) is 1.47. The van der Waals surface area contributed by atoms with Crippen LogP contribution in [-0.4, -0.2) is 37.4 Å². The highest BCUT2D eigenvalue weighted by Crippen LogP contribution is 1.98. The summed E-state index contributed by atoms with van der Waals surface area (Å²) >= 11 is 0. The van der Waals surface area contributed by atoms with Gasteiger partial charge in [-0.25, -0.2) is 0 Å². The van der Waals surface area contributed by atoms with Crippen LogP contribution in [0.3, 0.4) is 0 Å². The molecule has 9 heavy (non-hydrogen) atoms. The summed E-state index contributed by atoms with van der Waals surface area (Å²) in [4.78, 5) is -6.06. The maximum absolute atomic E-state index is 9.63. The minimum Gasteiger partial charge on any atom is -0.560 e. The fraction of sp³-hybridized carbons (Fsp3) is 1.00. The Kier molecular flexibility index (Phi) is 2.06. The largest absolute Gasteiger partial charge is 0.560 e. The van der Waals surface area contributed by atoms with Gasteiger partial charge in [0.05, 0.1) is 0 Å². The van der Waals surface area contributed by atoms with E-state index in [2.05, 4.69) is 0 Å². The van der Waals surface area contributed by atoms with Gasteiger partial charge in [0.2, 0.25) is 0 Å². The topological polar surface area (TPSA) is 127 Å². The van der Waals surface area contributed by atoms with Crippen molar-refractivity contribution in [2.75, 3.05) is 6.67 Å². The second kappa shape index (κ2) is 2.13. The Bertz CT molecular complexity index is 76.2. The van der Waals surface area contributed by atoms with Crippen LogP contribution >= 0.6 is 0 Å². The molecule has 0 aromatic rings. The van der Waals surface area contributed by atoms with Crippen LogP contribution in [0, 0.1) is 10.4 Å². The molecule has 8 nitrogen and oxygen atoms in total. The van der Waals surface area contributed by atoms with Crippen LogP contribution in [-0.2, 0) is 0 Å². The first-order chi connectivity index (χ1) is 3.71. The number of nitrogens with zero attached hydrogens (tertiary/aromatic N) is 2. The number of rotatable bonds is 2. The van der Waals surface area contributed by atoms with Gasteiger partial charge in [-0.2, -0.15) is 20.8 Å². The zero-order valence-electron chi connectivity index (χ0n) is 4.21. The van der Waals surface area contributed by atoms with Gasteiger partial charge < -0.3 is 10.4 Å². The first kappa shape index (κ1) is 8.68. The number of hydrogen-bond acceptors (Lipinski definition) is 6. The highest BCUT2D eigenvalue weighted by atomic mass is 17.1. The minimum absolute atomic E-state index is 1.72. The van der Waals surface area contributed by atoms with Crippen molar-refractivity contribution in [2.45, 2.75) is 0 Å². The predicted molar refractivity (Wildman–Crippen MR) is 19.3 cm³/mol. The molecule has 0 fully saturated rings. The van der Waals surface area contributed by atoms with Gasteiger partial charge in [0, 0.05) is 0 Å².